The van der Waals surface area contributed by atoms with Crippen LogP contribution in [0.2, 0.25) is 0 Å². The Morgan fingerprint density at radius 2 is 2.07 bits per heavy atom. The van der Waals surface area contributed by atoms with Crippen LogP contribution in [0.4, 0.5) is 5.69 Å². The van der Waals surface area contributed by atoms with Crippen LogP contribution in [0.5, 0.6) is 0 Å². The lowest BCUT2D eigenvalue weighted by molar-refractivity contribution is 0.0989. The molecule has 150 valence electrons. The molecule has 1 aliphatic rings. The maximum absolute atomic E-state index is 5.61. The fourth-order valence-electron chi connectivity index (χ4n) is 4.27. The number of rotatable bonds is 4. The fourth-order valence-corrected chi connectivity index (χ4v) is 4.27. The number of nitrogens with zero attached hydrogens (tertiary/aromatic N) is 4. The number of hydrogen-bond donors (Lipinski definition) is 0. The number of anilines is 1. The molecule has 0 spiro atoms. The third kappa shape index (κ3) is 3.08. The van der Waals surface area contributed by atoms with E-state index in [1.54, 1.807) is 0 Å². The highest BCUT2D eigenvalue weighted by atomic mass is 16.5. The summed E-state index contributed by atoms with van der Waals surface area (Å²) < 4.78 is 13.3. The van der Waals surface area contributed by atoms with Crippen LogP contribution >= 0.6 is 0 Å². The van der Waals surface area contributed by atoms with Gasteiger partial charge in [-0.1, -0.05) is 12.1 Å². The molecule has 6 nitrogen and oxygen atoms in total. The van der Waals surface area contributed by atoms with Gasteiger partial charge in [0, 0.05) is 35.8 Å². The number of aromatic nitrogens is 3. The van der Waals surface area contributed by atoms with Gasteiger partial charge >= 0.3 is 0 Å². The largest absolute Gasteiger partial charge is 0.377 e. The second-order valence-corrected chi connectivity index (χ2v) is 7.86. The highest BCUT2D eigenvalue weighted by Crippen LogP contribution is 2.31. The lowest BCUT2D eigenvalue weighted by Gasteiger charge is -2.35. The van der Waals surface area contributed by atoms with Crippen molar-refractivity contribution in [2.45, 2.75) is 39.8 Å². The van der Waals surface area contributed by atoms with E-state index < -0.39 is 0 Å². The van der Waals surface area contributed by atoms with Crippen LogP contribution in [0.25, 0.3) is 33.4 Å². The number of fused-ring (bicyclic) bond motifs is 2. The SMILES string of the molecule is CCCn1c(-c2ccc3onc(C)c3c2)nc2ccc(N3CCOC[C@@H]3C)cc21. The van der Waals surface area contributed by atoms with Gasteiger partial charge < -0.3 is 18.7 Å². The first-order valence-electron chi connectivity index (χ1n) is 10.4. The quantitative estimate of drug-likeness (QED) is 0.501. The number of morpholine rings is 1. The van der Waals surface area contributed by atoms with Crippen molar-refractivity contribution < 1.29 is 9.26 Å². The number of benzene rings is 2. The number of imidazole rings is 1. The average Bonchev–Trinajstić information content (AvgIpc) is 3.29. The third-order valence-corrected chi connectivity index (χ3v) is 5.79. The summed E-state index contributed by atoms with van der Waals surface area (Å²) in [6.07, 6.45) is 1.05. The van der Waals surface area contributed by atoms with Crippen molar-refractivity contribution in [3.05, 3.63) is 42.1 Å². The Bertz CT molecular complexity index is 1180. The maximum Gasteiger partial charge on any atom is 0.167 e. The summed E-state index contributed by atoms with van der Waals surface area (Å²) >= 11 is 0. The van der Waals surface area contributed by atoms with Crippen molar-refractivity contribution in [1.82, 2.24) is 14.7 Å². The van der Waals surface area contributed by atoms with Gasteiger partial charge in [0.05, 0.1) is 29.9 Å². The van der Waals surface area contributed by atoms with E-state index in [9.17, 15) is 0 Å². The van der Waals surface area contributed by atoms with E-state index in [0.29, 0.717) is 6.04 Å². The van der Waals surface area contributed by atoms with Gasteiger partial charge in [-0.25, -0.2) is 4.98 Å². The molecule has 1 aliphatic heterocycles. The Morgan fingerprint density at radius 3 is 2.90 bits per heavy atom. The molecule has 1 fully saturated rings. The monoisotopic (exact) mass is 390 g/mol. The zero-order chi connectivity index (χ0) is 20.0. The van der Waals surface area contributed by atoms with Gasteiger partial charge in [-0.15, -0.1) is 0 Å². The average molecular weight is 390 g/mol. The molecule has 2 aromatic heterocycles. The molecular weight excluding hydrogens is 364 g/mol. The first kappa shape index (κ1) is 18.2. The molecule has 0 amide bonds. The van der Waals surface area contributed by atoms with Gasteiger partial charge in [0.1, 0.15) is 5.82 Å². The van der Waals surface area contributed by atoms with Crippen LogP contribution < -0.4 is 4.90 Å². The molecule has 1 atom stereocenters. The van der Waals surface area contributed by atoms with Gasteiger partial charge in [-0.3, -0.25) is 0 Å². The van der Waals surface area contributed by atoms with Crippen LogP contribution in [0, 0.1) is 6.92 Å². The zero-order valence-corrected chi connectivity index (χ0v) is 17.2. The molecule has 2 aromatic carbocycles. The molecule has 0 N–H and O–H groups in total. The van der Waals surface area contributed by atoms with Crippen molar-refractivity contribution in [3.63, 3.8) is 0 Å². The van der Waals surface area contributed by atoms with Crippen molar-refractivity contribution in [1.29, 1.82) is 0 Å². The van der Waals surface area contributed by atoms with Gasteiger partial charge in [-0.2, -0.15) is 0 Å². The molecule has 29 heavy (non-hydrogen) atoms. The van der Waals surface area contributed by atoms with Crippen molar-refractivity contribution in [3.8, 4) is 11.4 Å². The maximum atomic E-state index is 5.61. The van der Waals surface area contributed by atoms with Crippen LogP contribution in [0.3, 0.4) is 0 Å². The highest BCUT2D eigenvalue weighted by molar-refractivity contribution is 5.88. The smallest absolute Gasteiger partial charge is 0.167 e. The first-order valence-corrected chi connectivity index (χ1v) is 10.4. The highest BCUT2D eigenvalue weighted by Gasteiger charge is 2.21. The van der Waals surface area contributed by atoms with E-state index in [1.807, 2.05) is 13.0 Å². The molecule has 0 radical (unpaired) electrons. The number of aryl methyl sites for hydroxylation is 2. The van der Waals surface area contributed by atoms with Gasteiger partial charge in [0.15, 0.2) is 5.58 Å². The summed E-state index contributed by atoms with van der Waals surface area (Å²) in [5.74, 6) is 0.997. The minimum atomic E-state index is 0.377. The van der Waals surface area contributed by atoms with Gasteiger partial charge in [-0.05, 0) is 56.7 Å². The molecule has 0 aliphatic carbocycles. The predicted octanol–water partition coefficient (Wildman–Crippen LogP) is 4.79. The molecule has 0 unspecified atom stereocenters. The minimum absolute atomic E-state index is 0.377. The van der Waals surface area contributed by atoms with E-state index in [4.69, 9.17) is 14.2 Å². The van der Waals surface area contributed by atoms with E-state index >= 15 is 0 Å². The number of ether oxygens (including phenoxy) is 1. The molecule has 0 bridgehead atoms. The summed E-state index contributed by atoms with van der Waals surface area (Å²) in [6, 6.07) is 13.2. The zero-order valence-electron chi connectivity index (χ0n) is 17.2. The van der Waals surface area contributed by atoms with E-state index in [0.717, 1.165) is 66.3 Å². The first-order chi connectivity index (χ1) is 14.2. The van der Waals surface area contributed by atoms with Gasteiger partial charge in [0.2, 0.25) is 0 Å². The lowest BCUT2D eigenvalue weighted by Crippen LogP contribution is -2.43. The second-order valence-electron chi connectivity index (χ2n) is 7.86. The fraction of sp³-hybridized carbons (Fsp3) is 0.391. The lowest BCUT2D eigenvalue weighted by atomic mass is 10.1. The van der Waals surface area contributed by atoms with Crippen LogP contribution in [0.15, 0.2) is 40.9 Å². The summed E-state index contributed by atoms with van der Waals surface area (Å²) in [6.45, 7) is 9.79. The van der Waals surface area contributed by atoms with E-state index in [-0.39, 0.29) is 0 Å². The van der Waals surface area contributed by atoms with Crippen molar-refractivity contribution in [2.24, 2.45) is 0 Å². The van der Waals surface area contributed by atoms with E-state index in [1.165, 1.54) is 11.2 Å². The molecular formula is C23H26N4O2. The van der Waals surface area contributed by atoms with Crippen LogP contribution in [0.1, 0.15) is 26.0 Å². The second kappa shape index (κ2) is 7.19. The molecule has 4 aromatic rings. The predicted molar refractivity (Wildman–Crippen MR) is 115 cm³/mol. The summed E-state index contributed by atoms with van der Waals surface area (Å²) in [5.41, 5.74) is 6.26. The Labute approximate surface area is 170 Å². The standard InChI is InChI=1S/C23H26N4O2/c1-4-9-27-21-13-18(26-10-11-28-14-15(26)2)6-7-20(21)24-23(27)17-5-8-22-19(12-17)16(3)25-29-22/h5-8,12-13,15H,4,9-11,14H2,1-3H3/t15-/m0/s1. The van der Waals surface area contributed by atoms with Crippen LogP contribution in [-0.4, -0.2) is 40.5 Å². The Hall–Kier alpha value is -2.86. The normalized spacial score (nSPS) is 17.5. The Kier molecular flexibility index (Phi) is 4.51. The molecule has 1 saturated heterocycles. The van der Waals surface area contributed by atoms with Crippen molar-refractivity contribution >= 4 is 27.7 Å². The van der Waals surface area contributed by atoms with E-state index in [2.05, 4.69) is 58.8 Å². The molecule has 3 heterocycles. The number of hydrogen-bond acceptors (Lipinski definition) is 5. The van der Waals surface area contributed by atoms with Crippen LogP contribution in [-0.2, 0) is 11.3 Å². The molecule has 5 rings (SSSR count). The molecule has 6 heteroatoms. The van der Waals surface area contributed by atoms with Gasteiger partial charge in [0.25, 0.3) is 0 Å². The Balaban J connectivity index is 1.64. The van der Waals surface area contributed by atoms with Crippen molar-refractivity contribution in [2.75, 3.05) is 24.7 Å². The minimum Gasteiger partial charge on any atom is -0.377 e. The summed E-state index contributed by atoms with van der Waals surface area (Å²) in [4.78, 5) is 7.43. The third-order valence-electron chi connectivity index (χ3n) is 5.79. The summed E-state index contributed by atoms with van der Waals surface area (Å²) in [7, 11) is 0. The Morgan fingerprint density at radius 1 is 1.17 bits per heavy atom. The topological polar surface area (TPSA) is 56.3 Å². The summed E-state index contributed by atoms with van der Waals surface area (Å²) in [5, 5.41) is 5.13. The molecule has 0 saturated carbocycles.